The van der Waals surface area contributed by atoms with Crippen LogP contribution in [0.3, 0.4) is 0 Å². The Labute approximate surface area is 172 Å². The number of methoxy groups -OCH3 is 1. The molecule has 1 aliphatic rings. The lowest BCUT2D eigenvalue weighted by atomic mass is 10.1. The Balaban J connectivity index is 1.41. The highest BCUT2D eigenvalue weighted by molar-refractivity contribution is 7.14. The van der Waals surface area contributed by atoms with E-state index in [1.165, 1.54) is 11.3 Å². The number of aromatic nitrogens is 1. The fourth-order valence-corrected chi connectivity index (χ4v) is 3.53. The molecule has 0 saturated carbocycles. The van der Waals surface area contributed by atoms with Gasteiger partial charge in [-0.3, -0.25) is 10.1 Å². The fraction of sp³-hybridized carbons (Fsp3) is 0.238. The van der Waals surface area contributed by atoms with Crippen LogP contribution in [0.15, 0.2) is 47.8 Å². The van der Waals surface area contributed by atoms with Gasteiger partial charge in [-0.25, -0.2) is 4.98 Å². The Morgan fingerprint density at radius 2 is 1.93 bits per heavy atom. The van der Waals surface area contributed by atoms with Gasteiger partial charge < -0.3 is 18.9 Å². The Morgan fingerprint density at radius 1 is 1.14 bits per heavy atom. The standard InChI is InChI=1S/C21H20N2O5S/c1-13(28-16-5-3-4-15(11-16)25-2)20(24)23-21-22-17(12-29-21)14-6-7-18-19(10-14)27-9-8-26-18/h3-7,10-13H,8-9H2,1-2H3,(H,22,23,24). The normalized spacial score (nSPS) is 13.4. The molecule has 29 heavy (non-hydrogen) atoms. The van der Waals surface area contributed by atoms with Gasteiger partial charge in [-0.15, -0.1) is 11.3 Å². The van der Waals surface area contributed by atoms with Gasteiger partial charge in [0.05, 0.1) is 12.8 Å². The number of hydrogen-bond acceptors (Lipinski definition) is 7. The predicted octanol–water partition coefficient (Wildman–Crippen LogP) is 4.00. The van der Waals surface area contributed by atoms with Crippen LogP contribution in [0.4, 0.5) is 5.13 Å². The van der Waals surface area contributed by atoms with Gasteiger partial charge in [-0.1, -0.05) is 6.07 Å². The second-order valence-electron chi connectivity index (χ2n) is 6.32. The number of carbonyl (C=O) groups excluding carboxylic acids is 1. The molecule has 1 unspecified atom stereocenters. The summed E-state index contributed by atoms with van der Waals surface area (Å²) in [5, 5.41) is 5.18. The largest absolute Gasteiger partial charge is 0.497 e. The molecule has 1 aliphatic heterocycles. The summed E-state index contributed by atoms with van der Waals surface area (Å²) in [5.41, 5.74) is 1.65. The molecule has 0 fully saturated rings. The smallest absolute Gasteiger partial charge is 0.266 e. The van der Waals surface area contributed by atoms with Crippen LogP contribution in [0.1, 0.15) is 6.92 Å². The second kappa shape index (κ2) is 8.40. The van der Waals surface area contributed by atoms with Crippen molar-refractivity contribution in [1.29, 1.82) is 0 Å². The first-order valence-corrected chi connectivity index (χ1v) is 9.97. The Kier molecular flexibility index (Phi) is 5.53. The zero-order valence-corrected chi connectivity index (χ0v) is 16.8. The molecule has 0 spiro atoms. The molecule has 0 aliphatic carbocycles. The van der Waals surface area contributed by atoms with Crippen molar-refractivity contribution in [3.05, 3.63) is 47.8 Å². The summed E-state index contributed by atoms with van der Waals surface area (Å²) in [6.07, 6.45) is -0.691. The molecule has 7 nitrogen and oxygen atoms in total. The summed E-state index contributed by atoms with van der Waals surface area (Å²) in [6.45, 7) is 2.76. The molecule has 1 N–H and O–H groups in total. The van der Waals surface area contributed by atoms with Crippen molar-refractivity contribution < 1.29 is 23.7 Å². The fourth-order valence-electron chi connectivity index (χ4n) is 2.81. The van der Waals surface area contributed by atoms with E-state index in [0.29, 0.717) is 35.6 Å². The van der Waals surface area contributed by atoms with Crippen LogP contribution in [0.25, 0.3) is 11.3 Å². The van der Waals surface area contributed by atoms with Crippen LogP contribution in [0.5, 0.6) is 23.0 Å². The molecule has 1 aromatic heterocycles. The molecule has 0 radical (unpaired) electrons. The maximum Gasteiger partial charge on any atom is 0.266 e. The van der Waals surface area contributed by atoms with E-state index in [4.69, 9.17) is 18.9 Å². The third-order valence-corrected chi connectivity index (χ3v) is 5.05. The lowest BCUT2D eigenvalue weighted by molar-refractivity contribution is -0.122. The SMILES string of the molecule is COc1cccc(OC(C)C(=O)Nc2nc(-c3ccc4c(c3)OCCO4)cs2)c1. The summed E-state index contributed by atoms with van der Waals surface area (Å²) in [4.78, 5) is 17.0. The highest BCUT2D eigenvalue weighted by Gasteiger charge is 2.18. The van der Waals surface area contributed by atoms with E-state index in [2.05, 4.69) is 10.3 Å². The Hall–Kier alpha value is -3.26. The van der Waals surface area contributed by atoms with Crippen molar-refractivity contribution in [1.82, 2.24) is 4.98 Å². The average Bonchev–Trinajstić information content (AvgIpc) is 3.22. The molecule has 1 amide bonds. The van der Waals surface area contributed by atoms with Crippen LogP contribution >= 0.6 is 11.3 Å². The highest BCUT2D eigenvalue weighted by Crippen LogP contribution is 2.35. The third-order valence-electron chi connectivity index (χ3n) is 4.30. The number of nitrogens with zero attached hydrogens (tertiary/aromatic N) is 1. The number of ether oxygens (including phenoxy) is 4. The number of anilines is 1. The molecule has 2 heterocycles. The molecule has 3 aromatic rings. The Bertz CT molecular complexity index is 1020. The predicted molar refractivity (Wildman–Crippen MR) is 110 cm³/mol. The number of hydrogen-bond donors (Lipinski definition) is 1. The minimum absolute atomic E-state index is 0.282. The number of thiazole rings is 1. The molecule has 8 heteroatoms. The number of amides is 1. The maximum absolute atomic E-state index is 12.5. The van der Waals surface area contributed by atoms with E-state index in [0.717, 1.165) is 17.0 Å². The first kappa shape index (κ1) is 19.1. The van der Waals surface area contributed by atoms with Gasteiger partial charge in [0.2, 0.25) is 0 Å². The summed E-state index contributed by atoms with van der Waals surface area (Å²) in [5.74, 6) is 2.37. The summed E-state index contributed by atoms with van der Waals surface area (Å²) in [6, 6.07) is 12.8. The molecule has 4 rings (SSSR count). The van der Waals surface area contributed by atoms with E-state index in [9.17, 15) is 4.79 Å². The molecule has 2 aromatic carbocycles. The van der Waals surface area contributed by atoms with Crippen molar-refractivity contribution in [2.24, 2.45) is 0 Å². The zero-order valence-electron chi connectivity index (χ0n) is 16.0. The number of nitrogens with one attached hydrogen (secondary N) is 1. The van der Waals surface area contributed by atoms with Crippen molar-refractivity contribution in [2.75, 3.05) is 25.6 Å². The molecule has 1 atom stereocenters. The van der Waals surface area contributed by atoms with Gasteiger partial charge >= 0.3 is 0 Å². The van der Waals surface area contributed by atoms with E-state index in [-0.39, 0.29) is 5.91 Å². The number of fused-ring (bicyclic) bond motifs is 1. The van der Waals surface area contributed by atoms with E-state index in [1.54, 1.807) is 32.2 Å². The van der Waals surface area contributed by atoms with Gasteiger partial charge in [0.15, 0.2) is 22.7 Å². The number of carbonyl (C=O) groups is 1. The van der Waals surface area contributed by atoms with Crippen molar-refractivity contribution in [3.63, 3.8) is 0 Å². The minimum Gasteiger partial charge on any atom is -0.497 e. The molecule has 150 valence electrons. The van der Waals surface area contributed by atoms with E-state index in [1.807, 2.05) is 29.6 Å². The van der Waals surface area contributed by atoms with Crippen LogP contribution in [-0.2, 0) is 4.79 Å². The lowest BCUT2D eigenvalue weighted by Crippen LogP contribution is -2.30. The van der Waals surface area contributed by atoms with E-state index >= 15 is 0 Å². The summed E-state index contributed by atoms with van der Waals surface area (Å²) in [7, 11) is 1.58. The first-order valence-electron chi connectivity index (χ1n) is 9.09. The lowest BCUT2D eigenvalue weighted by Gasteiger charge is -2.18. The number of rotatable bonds is 6. The van der Waals surface area contributed by atoms with Crippen LogP contribution < -0.4 is 24.3 Å². The molecular formula is C21H20N2O5S. The van der Waals surface area contributed by atoms with Crippen LogP contribution in [0.2, 0.25) is 0 Å². The van der Waals surface area contributed by atoms with Crippen molar-refractivity contribution in [3.8, 4) is 34.3 Å². The van der Waals surface area contributed by atoms with Gasteiger partial charge in [-0.05, 0) is 37.3 Å². The summed E-state index contributed by atoms with van der Waals surface area (Å²) >= 11 is 1.35. The third kappa shape index (κ3) is 4.43. The molecule has 0 saturated heterocycles. The quantitative estimate of drug-likeness (QED) is 0.659. The first-order chi connectivity index (χ1) is 14.1. The highest BCUT2D eigenvalue weighted by atomic mass is 32.1. The second-order valence-corrected chi connectivity index (χ2v) is 7.18. The van der Waals surface area contributed by atoms with Crippen LogP contribution in [-0.4, -0.2) is 37.3 Å². The maximum atomic E-state index is 12.5. The monoisotopic (exact) mass is 412 g/mol. The average molecular weight is 412 g/mol. The summed E-state index contributed by atoms with van der Waals surface area (Å²) < 4.78 is 22.0. The van der Waals surface area contributed by atoms with Gasteiger partial charge in [0, 0.05) is 17.0 Å². The number of benzene rings is 2. The Morgan fingerprint density at radius 3 is 2.76 bits per heavy atom. The molecule has 0 bridgehead atoms. The van der Waals surface area contributed by atoms with Gasteiger partial charge in [-0.2, -0.15) is 0 Å². The molecular weight excluding hydrogens is 392 g/mol. The van der Waals surface area contributed by atoms with Gasteiger partial charge in [0.1, 0.15) is 24.7 Å². The van der Waals surface area contributed by atoms with Gasteiger partial charge in [0.25, 0.3) is 5.91 Å². The van der Waals surface area contributed by atoms with Crippen LogP contribution in [0, 0.1) is 0 Å². The zero-order chi connectivity index (χ0) is 20.2. The topological polar surface area (TPSA) is 78.9 Å². The van der Waals surface area contributed by atoms with Crippen molar-refractivity contribution in [2.45, 2.75) is 13.0 Å². The minimum atomic E-state index is -0.691. The van der Waals surface area contributed by atoms with E-state index < -0.39 is 6.10 Å². The van der Waals surface area contributed by atoms with Crippen molar-refractivity contribution >= 4 is 22.4 Å².